The van der Waals surface area contributed by atoms with Crippen LogP contribution in [-0.2, 0) is 5.54 Å². The first kappa shape index (κ1) is 25.9. The molecule has 2 amide bonds. The summed E-state index contributed by atoms with van der Waals surface area (Å²) in [7, 11) is 0. The van der Waals surface area contributed by atoms with E-state index in [1.54, 1.807) is 12.4 Å². The summed E-state index contributed by atoms with van der Waals surface area (Å²) in [5.41, 5.74) is 3.08. The van der Waals surface area contributed by atoms with Crippen LogP contribution in [0, 0.1) is 11.3 Å². The quantitative estimate of drug-likeness (QED) is 0.162. The number of allylic oxidation sites excluding steroid dienone is 2. The highest BCUT2D eigenvalue weighted by Gasteiger charge is 2.38. The summed E-state index contributed by atoms with van der Waals surface area (Å²) in [4.78, 5) is 27.0. The molecule has 0 radical (unpaired) electrons. The maximum Gasteiger partial charge on any atom is 0.416 e. The molecule has 38 heavy (non-hydrogen) atoms. The van der Waals surface area contributed by atoms with Crippen LogP contribution in [-0.4, -0.2) is 43.4 Å². The number of rotatable bonds is 9. The first-order valence-corrected chi connectivity index (χ1v) is 12.0. The van der Waals surface area contributed by atoms with Crippen LogP contribution in [0.2, 0.25) is 0 Å². The fourth-order valence-electron chi connectivity index (χ4n) is 4.61. The van der Waals surface area contributed by atoms with Crippen LogP contribution >= 0.6 is 0 Å². The molecule has 1 heterocycles. The van der Waals surface area contributed by atoms with Crippen LogP contribution in [0.25, 0.3) is 5.57 Å². The zero-order chi connectivity index (χ0) is 27.0. The van der Waals surface area contributed by atoms with E-state index in [0.717, 1.165) is 16.7 Å². The van der Waals surface area contributed by atoms with Gasteiger partial charge in [0.25, 0.3) is 0 Å². The Balaban J connectivity index is 1.76. The minimum atomic E-state index is -1.53. The Morgan fingerprint density at radius 1 is 0.868 bits per heavy atom. The Morgan fingerprint density at radius 3 is 1.76 bits per heavy atom. The van der Waals surface area contributed by atoms with Crippen LogP contribution in [0.3, 0.4) is 0 Å². The molecule has 0 aliphatic carbocycles. The summed E-state index contributed by atoms with van der Waals surface area (Å²) in [5, 5.41) is 27.9. The lowest BCUT2D eigenvalue weighted by atomic mass is 9.77. The van der Waals surface area contributed by atoms with Gasteiger partial charge in [-0.15, -0.1) is 0 Å². The smallest absolute Gasteiger partial charge is 0.416 e. The number of aromatic nitrogens is 2. The fraction of sp³-hybridized carbons (Fsp3) is 0.133. The van der Waals surface area contributed by atoms with Gasteiger partial charge in [-0.1, -0.05) is 97.1 Å². The summed E-state index contributed by atoms with van der Waals surface area (Å²) in [6.07, 6.45) is 2.71. The standard InChI is InChI=1S/C30H26N4O4/c31-20-23(12-10-11-19-34(28(35)36)29(37)38)27-21-33(22-32-27)30(24-13-4-1-5-14-24,25-15-6-2-7-16-25)26-17-8-3-9-18-26/h1-9,12-18,21-22H,10-11,19H2,(H,35,36)(H,37,38)/b23-12+. The Labute approximate surface area is 220 Å². The maximum absolute atomic E-state index is 11.1. The minimum Gasteiger partial charge on any atom is -0.465 e. The number of carboxylic acid groups (broad SMARTS) is 2. The fourth-order valence-corrected chi connectivity index (χ4v) is 4.61. The van der Waals surface area contributed by atoms with Crippen molar-refractivity contribution in [3.8, 4) is 6.07 Å². The molecular formula is C30H26N4O4. The van der Waals surface area contributed by atoms with Crippen molar-refractivity contribution in [1.29, 1.82) is 5.26 Å². The largest absolute Gasteiger partial charge is 0.465 e. The van der Waals surface area contributed by atoms with Gasteiger partial charge in [0, 0.05) is 12.7 Å². The predicted molar refractivity (Wildman–Crippen MR) is 142 cm³/mol. The maximum atomic E-state index is 11.1. The van der Waals surface area contributed by atoms with Gasteiger partial charge in [0.05, 0.1) is 17.6 Å². The average molecular weight is 507 g/mol. The molecule has 0 saturated carbocycles. The van der Waals surface area contributed by atoms with Gasteiger partial charge in [0.1, 0.15) is 11.6 Å². The number of unbranched alkanes of at least 4 members (excludes halogenated alkanes) is 1. The zero-order valence-corrected chi connectivity index (χ0v) is 20.5. The molecule has 0 aliphatic rings. The molecule has 4 aromatic rings. The molecule has 0 spiro atoms. The molecule has 0 saturated heterocycles. The van der Waals surface area contributed by atoms with E-state index in [2.05, 4.69) is 47.5 Å². The van der Waals surface area contributed by atoms with Crippen LogP contribution < -0.4 is 0 Å². The molecule has 3 aromatic carbocycles. The summed E-state index contributed by atoms with van der Waals surface area (Å²) < 4.78 is 2.00. The lowest BCUT2D eigenvalue weighted by Gasteiger charge is -2.37. The molecule has 1 aromatic heterocycles. The molecule has 2 N–H and O–H groups in total. The third kappa shape index (κ3) is 5.18. The van der Waals surface area contributed by atoms with E-state index >= 15 is 0 Å². The number of hydrogen-bond donors (Lipinski definition) is 2. The summed E-state index contributed by atoms with van der Waals surface area (Å²) in [6.45, 7) is -0.187. The van der Waals surface area contributed by atoms with Gasteiger partial charge in [-0.3, -0.25) is 0 Å². The van der Waals surface area contributed by atoms with Gasteiger partial charge in [0.15, 0.2) is 0 Å². The van der Waals surface area contributed by atoms with Crippen molar-refractivity contribution in [2.24, 2.45) is 0 Å². The van der Waals surface area contributed by atoms with Crippen molar-refractivity contribution in [3.63, 3.8) is 0 Å². The summed E-state index contributed by atoms with van der Waals surface area (Å²) in [6, 6.07) is 32.4. The van der Waals surface area contributed by atoms with Crippen LogP contribution in [0.15, 0.2) is 110 Å². The summed E-state index contributed by atoms with van der Waals surface area (Å²) in [5.74, 6) is 0. The Bertz CT molecular complexity index is 1350. The van der Waals surface area contributed by atoms with Crippen molar-refractivity contribution < 1.29 is 19.8 Å². The van der Waals surface area contributed by atoms with Crippen LogP contribution in [0.5, 0.6) is 0 Å². The van der Waals surface area contributed by atoms with Gasteiger partial charge >= 0.3 is 12.2 Å². The highest BCUT2D eigenvalue weighted by molar-refractivity contribution is 5.85. The van der Waals surface area contributed by atoms with Crippen molar-refractivity contribution in [3.05, 3.63) is 132 Å². The van der Waals surface area contributed by atoms with Crippen molar-refractivity contribution in [1.82, 2.24) is 14.5 Å². The monoisotopic (exact) mass is 506 g/mol. The second-order valence-corrected chi connectivity index (χ2v) is 8.56. The van der Waals surface area contributed by atoms with E-state index < -0.39 is 17.7 Å². The van der Waals surface area contributed by atoms with Crippen LogP contribution in [0.1, 0.15) is 35.2 Å². The van der Waals surface area contributed by atoms with Gasteiger partial charge < -0.3 is 14.8 Å². The molecular weight excluding hydrogens is 480 g/mol. The number of amides is 2. The van der Waals surface area contributed by atoms with E-state index in [0.29, 0.717) is 22.6 Å². The number of carbonyl (C=O) groups is 2. The van der Waals surface area contributed by atoms with E-state index in [-0.39, 0.29) is 13.0 Å². The molecule has 0 bridgehead atoms. The molecule has 190 valence electrons. The van der Waals surface area contributed by atoms with E-state index in [4.69, 9.17) is 10.2 Å². The number of benzene rings is 3. The second-order valence-electron chi connectivity index (χ2n) is 8.56. The average Bonchev–Trinajstić information content (AvgIpc) is 3.43. The number of imidazole rings is 1. The lowest BCUT2D eigenvalue weighted by Crippen LogP contribution is -2.36. The Kier molecular flexibility index (Phi) is 7.99. The topological polar surface area (TPSA) is 119 Å². The molecule has 0 atom stereocenters. The Hall–Kier alpha value is -5.16. The normalized spacial score (nSPS) is 11.5. The number of imide groups is 1. The first-order chi connectivity index (χ1) is 18.5. The van der Waals surface area contributed by atoms with Gasteiger partial charge in [-0.25, -0.2) is 19.5 Å². The third-order valence-electron chi connectivity index (χ3n) is 6.34. The van der Waals surface area contributed by atoms with Gasteiger partial charge in [-0.05, 0) is 29.5 Å². The van der Waals surface area contributed by atoms with E-state index in [9.17, 15) is 14.9 Å². The van der Waals surface area contributed by atoms with Gasteiger partial charge in [-0.2, -0.15) is 5.26 Å². The molecule has 8 nitrogen and oxygen atoms in total. The molecule has 4 rings (SSSR count). The highest BCUT2D eigenvalue weighted by Crippen LogP contribution is 2.41. The molecule has 0 fully saturated rings. The molecule has 0 aliphatic heterocycles. The lowest BCUT2D eigenvalue weighted by molar-refractivity contribution is 0.122. The molecule has 0 unspecified atom stereocenters. The number of hydrogen-bond acceptors (Lipinski definition) is 4. The van der Waals surface area contributed by atoms with Crippen molar-refractivity contribution >= 4 is 17.8 Å². The predicted octanol–water partition coefficient (Wildman–Crippen LogP) is 6.07. The van der Waals surface area contributed by atoms with Gasteiger partial charge in [0.2, 0.25) is 0 Å². The second kappa shape index (κ2) is 11.7. The van der Waals surface area contributed by atoms with E-state index in [1.807, 2.05) is 65.4 Å². The Morgan fingerprint density at radius 2 is 1.34 bits per heavy atom. The number of nitriles is 1. The van der Waals surface area contributed by atoms with Crippen molar-refractivity contribution in [2.45, 2.75) is 18.4 Å². The molecule has 8 heteroatoms. The summed E-state index contributed by atoms with van der Waals surface area (Å²) >= 11 is 0. The third-order valence-corrected chi connectivity index (χ3v) is 6.34. The van der Waals surface area contributed by atoms with Crippen LogP contribution in [0.4, 0.5) is 9.59 Å². The number of nitrogens with zero attached hydrogens (tertiary/aromatic N) is 4. The first-order valence-electron chi connectivity index (χ1n) is 12.0. The minimum absolute atomic E-state index is 0.187. The van der Waals surface area contributed by atoms with E-state index in [1.165, 1.54) is 0 Å². The SMILES string of the molecule is N#C/C(=C\CCCN(C(=O)O)C(=O)O)c1cn(C(c2ccccc2)(c2ccccc2)c2ccccc2)cn1. The zero-order valence-electron chi connectivity index (χ0n) is 20.5. The highest BCUT2D eigenvalue weighted by atomic mass is 16.4. The van der Waals surface area contributed by atoms with Crippen molar-refractivity contribution in [2.75, 3.05) is 6.54 Å².